The minimum Gasteiger partial charge on any atom is -0.375 e. The number of benzene rings is 1. The average molecular weight is 340 g/mol. The van der Waals surface area contributed by atoms with Crippen molar-refractivity contribution < 1.29 is 13.9 Å². The van der Waals surface area contributed by atoms with E-state index in [2.05, 4.69) is 20.3 Å². The number of methoxy groups -OCH3 is 1. The zero-order valence-electron chi connectivity index (χ0n) is 13.6. The SMILES string of the molecule is COCC(=O)NCc1nc(-c2cccc(F)c2)c(-c2ccccn2)[nH]1. The quantitative estimate of drug-likeness (QED) is 0.723. The van der Waals surface area contributed by atoms with Crippen molar-refractivity contribution in [3.05, 3.63) is 60.3 Å². The first-order chi connectivity index (χ1) is 12.2. The van der Waals surface area contributed by atoms with Crippen LogP contribution in [0.15, 0.2) is 48.7 Å². The van der Waals surface area contributed by atoms with E-state index in [4.69, 9.17) is 4.74 Å². The summed E-state index contributed by atoms with van der Waals surface area (Å²) in [6.07, 6.45) is 1.67. The molecule has 0 atom stereocenters. The third-order valence-electron chi connectivity index (χ3n) is 3.50. The Bertz CT molecular complexity index is 865. The van der Waals surface area contributed by atoms with Crippen LogP contribution in [-0.4, -0.2) is 34.6 Å². The standard InChI is InChI=1S/C18H17FN4O2/c1-25-11-16(24)21-10-15-22-17(12-5-4-6-13(19)9-12)18(23-15)14-7-2-3-8-20-14/h2-9H,10-11H2,1H3,(H,21,24)(H,22,23). The van der Waals surface area contributed by atoms with E-state index in [0.29, 0.717) is 28.5 Å². The van der Waals surface area contributed by atoms with E-state index in [1.54, 1.807) is 18.3 Å². The molecule has 0 aliphatic carbocycles. The average Bonchev–Trinajstić information content (AvgIpc) is 3.05. The van der Waals surface area contributed by atoms with Gasteiger partial charge in [-0.3, -0.25) is 9.78 Å². The fourth-order valence-corrected chi connectivity index (χ4v) is 2.41. The van der Waals surface area contributed by atoms with Crippen molar-refractivity contribution in [1.82, 2.24) is 20.3 Å². The van der Waals surface area contributed by atoms with Crippen LogP contribution >= 0.6 is 0 Å². The summed E-state index contributed by atoms with van der Waals surface area (Å²) in [6.45, 7) is 0.182. The summed E-state index contributed by atoms with van der Waals surface area (Å²) in [5.74, 6) is -0.0441. The number of ether oxygens (including phenoxy) is 1. The number of hydrogen-bond donors (Lipinski definition) is 2. The van der Waals surface area contributed by atoms with Crippen molar-refractivity contribution in [2.24, 2.45) is 0 Å². The van der Waals surface area contributed by atoms with Gasteiger partial charge in [0.2, 0.25) is 5.91 Å². The van der Waals surface area contributed by atoms with Gasteiger partial charge in [-0.1, -0.05) is 18.2 Å². The molecule has 128 valence electrons. The number of nitrogens with zero attached hydrogens (tertiary/aromatic N) is 2. The second-order valence-corrected chi connectivity index (χ2v) is 5.34. The van der Waals surface area contributed by atoms with Gasteiger partial charge >= 0.3 is 0 Å². The first-order valence-electron chi connectivity index (χ1n) is 7.69. The van der Waals surface area contributed by atoms with Gasteiger partial charge in [-0.25, -0.2) is 9.37 Å². The minimum absolute atomic E-state index is 0.0233. The molecular formula is C18H17FN4O2. The van der Waals surface area contributed by atoms with Crippen LogP contribution in [0.4, 0.5) is 4.39 Å². The molecule has 0 aliphatic rings. The molecule has 2 aromatic heterocycles. The van der Waals surface area contributed by atoms with Gasteiger partial charge < -0.3 is 15.0 Å². The van der Waals surface area contributed by atoms with Crippen LogP contribution in [0.3, 0.4) is 0 Å². The molecule has 0 radical (unpaired) electrons. The molecule has 6 nitrogen and oxygen atoms in total. The Morgan fingerprint density at radius 2 is 2.16 bits per heavy atom. The molecule has 0 spiro atoms. The first-order valence-corrected chi connectivity index (χ1v) is 7.69. The lowest BCUT2D eigenvalue weighted by Crippen LogP contribution is -2.27. The van der Waals surface area contributed by atoms with Gasteiger partial charge in [0.05, 0.1) is 23.6 Å². The normalized spacial score (nSPS) is 10.6. The van der Waals surface area contributed by atoms with Crippen molar-refractivity contribution in [1.29, 1.82) is 0 Å². The molecule has 0 bridgehead atoms. The summed E-state index contributed by atoms with van der Waals surface area (Å²) in [5.41, 5.74) is 2.56. The number of nitrogens with one attached hydrogen (secondary N) is 2. The molecule has 3 rings (SSSR count). The molecule has 1 aromatic carbocycles. The maximum atomic E-state index is 13.6. The van der Waals surface area contributed by atoms with Crippen LogP contribution in [0.5, 0.6) is 0 Å². The van der Waals surface area contributed by atoms with E-state index in [0.717, 1.165) is 0 Å². The minimum atomic E-state index is -0.345. The molecular weight excluding hydrogens is 323 g/mol. The third-order valence-corrected chi connectivity index (χ3v) is 3.50. The van der Waals surface area contributed by atoms with Crippen molar-refractivity contribution in [3.63, 3.8) is 0 Å². The second kappa shape index (κ2) is 7.67. The monoisotopic (exact) mass is 340 g/mol. The maximum Gasteiger partial charge on any atom is 0.246 e. The smallest absolute Gasteiger partial charge is 0.246 e. The molecule has 0 unspecified atom stereocenters. The molecule has 3 aromatic rings. The largest absolute Gasteiger partial charge is 0.375 e. The van der Waals surface area contributed by atoms with Crippen LogP contribution in [-0.2, 0) is 16.1 Å². The highest BCUT2D eigenvalue weighted by Gasteiger charge is 2.16. The summed E-state index contributed by atoms with van der Waals surface area (Å²) in [4.78, 5) is 23.6. The topological polar surface area (TPSA) is 79.9 Å². The maximum absolute atomic E-state index is 13.6. The molecule has 0 fully saturated rings. The van der Waals surface area contributed by atoms with Gasteiger partial charge in [0.25, 0.3) is 0 Å². The van der Waals surface area contributed by atoms with Crippen molar-refractivity contribution >= 4 is 5.91 Å². The molecule has 2 N–H and O–H groups in total. The number of aromatic amines is 1. The van der Waals surface area contributed by atoms with E-state index in [1.807, 2.05) is 18.2 Å². The number of rotatable bonds is 6. The van der Waals surface area contributed by atoms with E-state index in [9.17, 15) is 9.18 Å². The van der Waals surface area contributed by atoms with Gasteiger partial charge in [-0.2, -0.15) is 0 Å². The number of hydrogen-bond acceptors (Lipinski definition) is 4. The Morgan fingerprint density at radius 3 is 2.88 bits per heavy atom. The van der Waals surface area contributed by atoms with Crippen LogP contribution in [0.1, 0.15) is 5.82 Å². The van der Waals surface area contributed by atoms with Gasteiger partial charge in [-0.15, -0.1) is 0 Å². The molecule has 25 heavy (non-hydrogen) atoms. The number of imidazole rings is 1. The highest BCUT2D eigenvalue weighted by Crippen LogP contribution is 2.29. The lowest BCUT2D eigenvalue weighted by molar-refractivity contribution is -0.124. The number of amides is 1. The summed E-state index contributed by atoms with van der Waals surface area (Å²) in [7, 11) is 1.45. The van der Waals surface area contributed by atoms with Crippen LogP contribution in [0, 0.1) is 5.82 Å². The molecule has 7 heteroatoms. The van der Waals surface area contributed by atoms with E-state index >= 15 is 0 Å². The van der Waals surface area contributed by atoms with Crippen LogP contribution < -0.4 is 5.32 Å². The highest BCUT2D eigenvalue weighted by atomic mass is 19.1. The number of H-pyrrole nitrogens is 1. The fourth-order valence-electron chi connectivity index (χ4n) is 2.41. The molecule has 1 amide bonds. The molecule has 2 heterocycles. The number of carbonyl (C=O) groups excluding carboxylic acids is 1. The number of carbonyl (C=O) groups is 1. The van der Waals surface area contributed by atoms with Crippen molar-refractivity contribution in [2.75, 3.05) is 13.7 Å². The predicted octanol–water partition coefficient (Wildman–Crippen LogP) is 2.54. The summed E-state index contributed by atoms with van der Waals surface area (Å²) >= 11 is 0. The lowest BCUT2D eigenvalue weighted by Gasteiger charge is -2.02. The number of halogens is 1. The van der Waals surface area contributed by atoms with E-state index in [-0.39, 0.29) is 24.9 Å². The Kier molecular flexibility index (Phi) is 5.15. The second-order valence-electron chi connectivity index (χ2n) is 5.34. The Balaban J connectivity index is 1.96. The van der Waals surface area contributed by atoms with E-state index in [1.165, 1.54) is 19.2 Å². The number of aromatic nitrogens is 3. The third kappa shape index (κ3) is 4.07. The van der Waals surface area contributed by atoms with Gasteiger partial charge in [0.1, 0.15) is 18.2 Å². The van der Waals surface area contributed by atoms with E-state index < -0.39 is 0 Å². The molecule has 0 saturated heterocycles. The Hall–Kier alpha value is -3.06. The first kappa shape index (κ1) is 16.8. The number of pyridine rings is 1. The van der Waals surface area contributed by atoms with Crippen LogP contribution in [0.25, 0.3) is 22.6 Å². The Labute approximate surface area is 144 Å². The van der Waals surface area contributed by atoms with Gasteiger partial charge in [-0.05, 0) is 24.3 Å². The summed E-state index contributed by atoms with van der Waals surface area (Å²) in [6, 6.07) is 11.7. The van der Waals surface area contributed by atoms with Gasteiger partial charge in [0, 0.05) is 18.9 Å². The lowest BCUT2D eigenvalue weighted by atomic mass is 10.1. The zero-order chi connectivity index (χ0) is 17.6. The zero-order valence-corrected chi connectivity index (χ0v) is 13.6. The highest BCUT2D eigenvalue weighted by molar-refractivity contribution is 5.78. The van der Waals surface area contributed by atoms with Crippen molar-refractivity contribution in [2.45, 2.75) is 6.54 Å². The summed E-state index contributed by atoms with van der Waals surface area (Å²) < 4.78 is 18.4. The Morgan fingerprint density at radius 1 is 1.28 bits per heavy atom. The van der Waals surface area contributed by atoms with Crippen molar-refractivity contribution in [3.8, 4) is 22.6 Å². The summed E-state index contributed by atoms with van der Waals surface area (Å²) in [5, 5.41) is 2.70. The van der Waals surface area contributed by atoms with Crippen LogP contribution in [0.2, 0.25) is 0 Å². The molecule has 0 saturated carbocycles. The molecule has 0 aliphatic heterocycles. The predicted molar refractivity (Wildman–Crippen MR) is 90.9 cm³/mol. The fraction of sp³-hybridized carbons (Fsp3) is 0.167. The van der Waals surface area contributed by atoms with Gasteiger partial charge in [0.15, 0.2) is 0 Å².